The quantitative estimate of drug-likeness (QED) is 0.408. The lowest BCUT2D eigenvalue weighted by atomic mass is 10.2. The van der Waals surface area contributed by atoms with E-state index in [0.717, 1.165) is 48.7 Å². The fraction of sp³-hybridized carbons (Fsp3) is 0.269. The first-order valence-corrected chi connectivity index (χ1v) is 11.2. The van der Waals surface area contributed by atoms with Crippen LogP contribution in [0.2, 0.25) is 0 Å². The summed E-state index contributed by atoms with van der Waals surface area (Å²) in [6.45, 7) is 3.84. The van der Waals surface area contributed by atoms with Crippen molar-refractivity contribution >= 4 is 23.8 Å². The minimum Gasteiger partial charge on any atom is -0.493 e. The lowest BCUT2D eigenvalue weighted by Gasteiger charge is -2.20. The Kier molecular flexibility index (Phi) is 5.79. The number of aromatic nitrogens is 2. The zero-order valence-electron chi connectivity index (χ0n) is 19.4. The van der Waals surface area contributed by atoms with E-state index in [-0.39, 0.29) is 11.6 Å². The van der Waals surface area contributed by atoms with Gasteiger partial charge in [0, 0.05) is 24.2 Å². The van der Waals surface area contributed by atoms with Crippen LogP contribution in [0, 0.1) is 6.92 Å². The van der Waals surface area contributed by atoms with E-state index in [1.807, 2.05) is 41.9 Å². The Morgan fingerprint density at radius 1 is 1.00 bits per heavy atom. The Hall–Kier alpha value is -4.07. The second-order valence-corrected chi connectivity index (χ2v) is 8.17. The van der Waals surface area contributed by atoms with E-state index in [9.17, 15) is 4.79 Å². The average Bonchev–Trinajstić information content (AvgIpc) is 3.59. The first kappa shape index (κ1) is 21.8. The highest BCUT2D eigenvalue weighted by atomic mass is 16.6. The number of methoxy groups -OCH3 is 2. The molecule has 34 heavy (non-hydrogen) atoms. The number of aryl methyl sites for hydroxylation is 1. The molecule has 0 bridgehead atoms. The number of carbonyl (C=O) groups is 1. The molecule has 0 aliphatic carbocycles. The molecule has 0 saturated carbocycles. The number of carbonyl (C=O) groups excluding carboxylic acids is 1. The third-order valence-corrected chi connectivity index (χ3v) is 6.02. The van der Waals surface area contributed by atoms with Gasteiger partial charge in [0.1, 0.15) is 5.82 Å². The second kappa shape index (κ2) is 9.05. The summed E-state index contributed by atoms with van der Waals surface area (Å²) in [5, 5.41) is 4.81. The zero-order valence-corrected chi connectivity index (χ0v) is 19.4. The Morgan fingerprint density at radius 3 is 2.44 bits per heavy atom. The van der Waals surface area contributed by atoms with E-state index in [1.54, 1.807) is 38.5 Å². The Balaban J connectivity index is 1.57. The molecule has 8 nitrogen and oxygen atoms in total. The van der Waals surface area contributed by atoms with Gasteiger partial charge in [-0.1, -0.05) is 18.2 Å². The van der Waals surface area contributed by atoms with Crippen molar-refractivity contribution in [3.05, 3.63) is 71.0 Å². The largest absolute Gasteiger partial charge is 0.493 e. The van der Waals surface area contributed by atoms with Gasteiger partial charge in [0.25, 0.3) is 0 Å². The second-order valence-electron chi connectivity index (χ2n) is 8.17. The molecule has 3 heterocycles. The van der Waals surface area contributed by atoms with Crippen LogP contribution >= 0.6 is 0 Å². The number of rotatable bonds is 6. The van der Waals surface area contributed by atoms with Crippen LogP contribution in [0.3, 0.4) is 0 Å². The standard InChI is InChI=1S/C26H26N4O4/c1-17-20(25(29-13-7-8-14-29)30(28-17)19-9-5-4-6-10-19)16-21-26(31)34-24(27-21)18-11-12-22(32-2)23(15-18)33-3/h4-6,9-12,15-16H,7-8,13-14H2,1-3H3. The van der Waals surface area contributed by atoms with Crippen molar-refractivity contribution < 1.29 is 19.0 Å². The minimum absolute atomic E-state index is 0.230. The molecule has 2 aromatic carbocycles. The number of para-hydroxylation sites is 1. The van der Waals surface area contributed by atoms with Crippen LogP contribution < -0.4 is 14.4 Å². The van der Waals surface area contributed by atoms with Gasteiger partial charge in [0.05, 0.1) is 25.6 Å². The molecule has 3 aromatic rings. The van der Waals surface area contributed by atoms with Crippen molar-refractivity contribution in [2.45, 2.75) is 19.8 Å². The maximum Gasteiger partial charge on any atom is 0.363 e. The normalized spacial score (nSPS) is 16.7. The summed E-state index contributed by atoms with van der Waals surface area (Å²) < 4.78 is 18.1. The van der Waals surface area contributed by atoms with Crippen molar-refractivity contribution in [2.75, 3.05) is 32.2 Å². The monoisotopic (exact) mass is 458 g/mol. The number of aliphatic imine (C=N–C) groups is 1. The predicted molar refractivity (Wildman–Crippen MR) is 130 cm³/mol. The molecule has 174 valence electrons. The molecule has 1 aromatic heterocycles. The van der Waals surface area contributed by atoms with Gasteiger partial charge >= 0.3 is 5.97 Å². The molecule has 2 aliphatic rings. The van der Waals surface area contributed by atoms with Crippen LogP contribution in [0.4, 0.5) is 5.82 Å². The van der Waals surface area contributed by atoms with Crippen LogP contribution in [-0.2, 0) is 9.53 Å². The van der Waals surface area contributed by atoms with Gasteiger partial charge in [0.2, 0.25) is 5.90 Å². The number of benzene rings is 2. The molecule has 2 aliphatic heterocycles. The summed E-state index contributed by atoms with van der Waals surface area (Å²) in [6, 6.07) is 15.3. The molecule has 0 amide bonds. The van der Waals surface area contributed by atoms with Gasteiger partial charge in [-0.25, -0.2) is 14.5 Å². The highest BCUT2D eigenvalue weighted by Crippen LogP contribution is 2.34. The maximum atomic E-state index is 12.8. The third-order valence-electron chi connectivity index (χ3n) is 6.02. The maximum absolute atomic E-state index is 12.8. The average molecular weight is 459 g/mol. The van der Waals surface area contributed by atoms with Crippen molar-refractivity contribution in [1.29, 1.82) is 0 Å². The molecule has 1 saturated heterocycles. The topological polar surface area (TPSA) is 78.2 Å². The van der Waals surface area contributed by atoms with Gasteiger partial charge in [-0.15, -0.1) is 0 Å². The summed E-state index contributed by atoms with van der Waals surface area (Å²) in [6.07, 6.45) is 4.03. The van der Waals surface area contributed by atoms with Gasteiger partial charge in [-0.2, -0.15) is 5.10 Å². The predicted octanol–water partition coefficient (Wildman–Crippen LogP) is 4.14. The Morgan fingerprint density at radius 2 is 1.74 bits per heavy atom. The third kappa shape index (κ3) is 3.91. The summed E-state index contributed by atoms with van der Waals surface area (Å²) >= 11 is 0. The SMILES string of the molecule is COc1ccc(C2=NC(=Cc3c(C)nn(-c4ccccc4)c3N3CCCC3)C(=O)O2)cc1OC. The lowest BCUT2D eigenvalue weighted by molar-refractivity contribution is -0.129. The van der Waals surface area contributed by atoms with Gasteiger partial charge in [0.15, 0.2) is 17.2 Å². The van der Waals surface area contributed by atoms with Gasteiger partial charge in [-0.3, -0.25) is 0 Å². The lowest BCUT2D eigenvalue weighted by Crippen LogP contribution is -2.22. The van der Waals surface area contributed by atoms with Crippen molar-refractivity contribution in [3.8, 4) is 17.2 Å². The first-order valence-electron chi connectivity index (χ1n) is 11.2. The van der Waals surface area contributed by atoms with Crippen LogP contribution in [0.15, 0.2) is 59.2 Å². The Bertz CT molecular complexity index is 1290. The van der Waals surface area contributed by atoms with Crippen LogP contribution in [0.25, 0.3) is 11.8 Å². The molecule has 0 spiro atoms. The summed E-state index contributed by atoms with van der Waals surface area (Å²) in [7, 11) is 3.13. The summed E-state index contributed by atoms with van der Waals surface area (Å²) in [5.74, 6) is 1.83. The number of nitrogens with zero attached hydrogens (tertiary/aromatic N) is 4. The van der Waals surface area contributed by atoms with E-state index in [1.165, 1.54) is 0 Å². The van der Waals surface area contributed by atoms with E-state index < -0.39 is 5.97 Å². The molecular formula is C26H26N4O4. The van der Waals surface area contributed by atoms with Gasteiger partial charge in [-0.05, 0) is 56.2 Å². The fourth-order valence-corrected chi connectivity index (χ4v) is 4.32. The molecule has 0 radical (unpaired) electrons. The van der Waals surface area contributed by atoms with Crippen molar-refractivity contribution in [1.82, 2.24) is 9.78 Å². The first-order chi connectivity index (χ1) is 16.6. The number of anilines is 1. The zero-order chi connectivity index (χ0) is 23.7. The molecule has 8 heteroatoms. The van der Waals surface area contributed by atoms with E-state index in [0.29, 0.717) is 17.1 Å². The molecule has 0 unspecified atom stereocenters. The van der Waals surface area contributed by atoms with Crippen molar-refractivity contribution in [2.24, 2.45) is 4.99 Å². The van der Waals surface area contributed by atoms with Crippen LogP contribution in [-0.4, -0.2) is 49.0 Å². The van der Waals surface area contributed by atoms with Crippen LogP contribution in [0.5, 0.6) is 11.5 Å². The van der Waals surface area contributed by atoms with E-state index in [4.69, 9.17) is 19.3 Å². The number of hydrogen-bond acceptors (Lipinski definition) is 7. The van der Waals surface area contributed by atoms with Gasteiger partial charge < -0.3 is 19.1 Å². The van der Waals surface area contributed by atoms with Crippen molar-refractivity contribution in [3.63, 3.8) is 0 Å². The summed E-state index contributed by atoms with van der Waals surface area (Å²) in [4.78, 5) is 19.6. The molecule has 0 N–H and O–H groups in total. The molecule has 5 rings (SSSR count). The molecule has 1 fully saturated rings. The smallest absolute Gasteiger partial charge is 0.363 e. The number of esters is 1. The highest BCUT2D eigenvalue weighted by Gasteiger charge is 2.28. The van der Waals surface area contributed by atoms with E-state index >= 15 is 0 Å². The van der Waals surface area contributed by atoms with E-state index in [2.05, 4.69) is 9.89 Å². The molecular weight excluding hydrogens is 432 g/mol. The highest BCUT2D eigenvalue weighted by molar-refractivity contribution is 6.13. The number of cyclic esters (lactones) is 1. The Labute approximate surface area is 198 Å². The summed E-state index contributed by atoms with van der Waals surface area (Å²) in [5.41, 5.74) is 3.53. The number of hydrogen-bond donors (Lipinski definition) is 0. The minimum atomic E-state index is -0.496. The molecule has 0 atom stereocenters. The fourth-order valence-electron chi connectivity index (χ4n) is 4.32. The number of ether oxygens (including phenoxy) is 3. The van der Waals surface area contributed by atoms with Crippen LogP contribution in [0.1, 0.15) is 29.7 Å².